The summed E-state index contributed by atoms with van der Waals surface area (Å²) in [5, 5.41) is 17.2. The number of amides is 2. The van der Waals surface area contributed by atoms with Gasteiger partial charge in [-0.2, -0.15) is 0 Å². The second-order valence-electron chi connectivity index (χ2n) is 27.8. The number of hydrogen-bond donors (Lipinski definition) is 3. The lowest BCUT2D eigenvalue weighted by Crippen LogP contribution is -2.73. The van der Waals surface area contributed by atoms with Crippen LogP contribution >= 0.6 is 0 Å². The fourth-order valence-corrected chi connectivity index (χ4v) is 13.6. The summed E-state index contributed by atoms with van der Waals surface area (Å²) >= 11 is 0. The van der Waals surface area contributed by atoms with E-state index in [4.69, 9.17) is 104 Å². The molecular formula is C80H92N2O38. The van der Waals surface area contributed by atoms with Crippen LogP contribution in [0.2, 0.25) is 0 Å². The summed E-state index contributed by atoms with van der Waals surface area (Å²) in [5.74, 6) is -16.0. The van der Waals surface area contributed by atoms with Crippen LogP contribution < -0.4 is 10.6 Å². The zero-order valence-electron chi connectivity index (χ0n) is 66.9. The van der Waals surface area contributed by atoms with E-state index in [0.717, 1.165) is 76.2 Å². The van der Waals surface area contributed by atoms with Crippen LogP contribution in [0.3, 0.4) is 0 Å². The predicted molar refractivity (Wildman–Crippen MR) is 393 cm³/mol. The summed E-state index contributed by atoms with van der Waals surface area (Å²) in [6.07, 6.45) is -47.5. The molecule has 0 saturated carbocycles. The van der Waals surface area contributed by atoms with E-state index in [2.05, 4.69) is 10.6 Å². The summed E-state index contributed by atoms with van der Waals surface area (Å²) < 4.78 is 136. The van der Waals surface area contributed by atoms with E-state index in [1.807, 2.05) is 0 Å². The number of carbonyl (C=O) groups excluding carboxylic acids is 15. The van der Waals surface area contributed by atoms with Crippen molar-refractivity contribution in [3.05, 3.63) is 144 Å². The van der Waals surface area contributed by atoms with Gasteiger partial charge in [0.15, 0.2) is 86.4 Å². The monoisotopic (exact) mass is 1690 g/mol. The van der Waals surface area contributed by atoms with Crippen molar-refractivity contribution in [2.45, 2.75) is 236 Å². The van der Waals surface area contributed by atoms with Gasteiger partial charge >= 0.3 is 77.6 Å². The quantitative estimate of drug-likeness (QED) is 0.0479. The van der Waals surface area contributed by atoms with Gasteiger partial charge in [0.05, 0.1) is 28.4 Å². The van der Waals surface area contributed by atoms with Gasteiger partial charge < -0.3 is 120 Å². The van der Waals surface area contributed by atoms with Gasteiger partial charge in [0, 0.05) is 76.2 Å². The van der Waals surface area contributed by atoms with Crippen LogP contribution in [0.1, 0.15) is 125 Å². The van der Waals surface area contributed by atoms with Crippen molar-refractivity contribution in [2.75, 3.05) is 26.4 Å². The highest BCUT2D eigenvalue weighted by Gasteiger charge is 2.63. The van der Waals surface area contributed by atoms with Crippen molar-refractivity contribution in [3.8, 4) is 0 Å². The minimum absolute atomic E-state index is 0.0280. The van der Waals surface area contributed by atoms with E-state index in [1.54, 1.807) is 24.3 Å². The second kappa shape index (κ2) is 43.0. The van der Waals surface area contributed by atoms with Crippen LogP contribution in [0.4, 0.5) is 0 Å². The van der Waals surface area contributed by atoms with Gasteiger partial charge in [-0.3, -0.25) is 52.7 Å². The zero-order valence-corrected chi connectivity index (χ0v) is 66.9. The van der Waals surface area contributed by atoms with Gasteiger partial charge in [-0.1, -0.05) is 72.8 Å². The lowest BCUT2D eigenvalue weighted by Gasteiger charge is -2.53. The number of rotatable bonds is 31. The molecule has 0 aliphatic carbocycles. The summed E-state index contributed by atoms with van der Waals surface area (Å²) in [5.41, 5.74) is -0.349. The zero-order chi connectivity index (χ0) is 87.3. The average Bonchev–Trinajstić information content (AvgIpc) is 0.752. The van der Waals surface area contributed by atoms with Gasteiger partial charge in [0.25, 0.3) is 0 Å². The first kappa shape index (κ1) is 92.4. The maximum Gasteiger partial charge on any atom is 0.338 e. The molecule has 9 rings (SSSR count). The molecule has 5 aliphatic rings. The number of carbonyl (C=O) groups is 15. The number of benzene rings is 4. The maximum atomic E-state index is 14.6. The van der Waals surface area contributed by atoms with E-state index in [9.17, 15) is 77.0 Å². The fraction of sp³-hybridized carbons (Fsp3) is 0.512. The molecule has 0 radical (unpaired) electrons. The standard InChI is InChI=1S/C80H92N2O38/c1-37-59(113-72(94)49-25-17-13-18-26-49)66(114-73(95)50-27-19-14-20-28-50)70(107-47(11)92)79(103-37)120-65-58(82-39(3)84)78(111-55(35-101-42(6)87)61(65)118-80-71(108-48(12)93)68(106-46(10)91)62(105-45(9)90)56(112-80)36-102-43(7)88)119-64-57(81-38(2)83)77(110-54(34-100-41(5)86)60(64)104-44(8)89)117-63-53(33-99-40(4)85)109-76(98)69(116-75(97)52-31-23-16-24-32-52)67(63)115-74(96)51-29-21-15-22-30-51/h13-32,37,53-71,76-80,98H,33-36H2,1-12H3,(H,81,83)(H,82,84)/t37-,53+,54+,55+,56+,57+,58+,59+,60-,61+,62-,63+,64+,65+,66+,67-,68-,69+,70-,71+,76-,77-,78-,79-,80-/m0/s1. The average molecular weight is 1690 g/mol. The Labute approximate surface area is 685 Å². The summed E-state index contributed by atoms with van der Waals surface area (Å²) in [6.45, 7) is 8.05. The molecule has 650 valence electrons. The van der Waals surface area contributed by atoms with Crippen LogP contribution in [-0.4, -0.2) is 274 Å². The van der Waals surface area contributed by atoms with E-state index < -0.39 is 269 Å². The molecule has 2 amide bonds. The summed E-state index contributed by atoms with van der Waals surface area (Å²) in [7, 11) is 0. The topological polar surface area (TPSA) is 503 Å². The number of nitrogens with one attached hydrogen (secondary N) is 2. The van der Waals surface area contributed by atoms with E-state index in [-0.39, 0.29) is 22.3 Å². The number of esters is 13. The molecule has 5 saturated heterocycles. The van der Waals surface area contributed by atoms with Crippen LogP contribution in [0.5, 0.6) is 0 Å². The predicted octanol–water partition coefficient (Wildman–Crippen LogP) is 1.99. The molecule has 0 bridgehead atoms. The Morgan fingerprint density at radius 1 is 0.275 bits per heavy atom. The maximum absolute atomic E-state index is 14.6. The lowest BCUT2D eigenvalue weighted by molar-refractivity contribution is -0.384. The fourth-order valence-electron chi connectivity index (χ4n) is 13.6. The minimum Gasteiger partial charge on any atom is -0.463 e. The summed E-state index contributed by atoms with van der Waals surface area (Å²) in [6, 6.07) is 24.9. The Morgan fingerprint density at radius 3 is 0.883 bits per heavy atom. The molecular weight excluding hydrogens is 1600 g/mol. The normalized spacial score (nSPS) is 30.1. The Hall–Kier alpha value is -11.5. The van der Waals surface area contributed by atoms with Crippen molar-refractivity contribution in [3.63, 3.8) is 0 Å². The van der Waals surface area contributed by atoms with Crippen molar-refractivity contribution in [2.24, 2.45) is 0 Å². The van der Waals surface area contributed by atoms with Gasteiger partial charge in [-0.05, 0) is 55.5 Å². The van der Waals surface area contributed by atoms with E-state index >= 15 is 0 Å². The van der Waals surface area contributed by atoms with E-state index in [1.165, 1.54) is 104 Å². The number of aliphatic hydroxyl groups is 1. The first-order valence-corrected chi connectivity index (χ1v) is 37.6. The van der Waals surface area contributed by atoms with Crippen molar-refractivity contribution < 1.29 is 181 Å². The molecule has 5 fully saturated rings. The van der Waals surface area contributed by atoms with Crippen LogP contribution in [0.15, 0.2) is 121 Å². The third-order valence-corrected chi connectivity index (χ3v) is 18.4. The smallest absolute Gasteiger partial charge is 0.338 e. The molecule has 120 heavy (non-hydrogen) atoms. The number of ether oxygens (including phenoxy) is 22. The SMILES string of the molecule is CC(=O)N[C@H]1[C@H](O[C@H]2[C@H](OC(=O)c3ccccc3)[C@@H](OC(=O)c3ccccc3)[C@@H](O)O[C@@H]2COC(C)=O)O[C@H](COC(C)=O)[C@H](OC(C)=O)[C@@H]1O[C@@H]1O[C@H](COC(C)=O)[C@@H](O[C@@H]2O[C@H](COC(C)=O)[C@H](OC(C)=O)[C@H](OC(C)=O)[C@H]2OC(C)=O)[C@H](O[C@@H]2O[C@@H](C)[C@@H](OC(=O)c3ccccc3)[C@@H](OC(=O)c3ccccc3)[C@@H]2OC(C)=O)[C@H]1NC(C)=O. The van der Waals surface area contributed by atoms with Gasteiger partial charge in [-0.15, -0.1) is 0 Å². The largest absolute Gasteiger partial charge is 0.463 e. The van der Waals surface area contributed by atoms with Gasteiger partial charge in [-0.25, -0.2) is 19.2 Å². The molecule has 3 N–H and O–H groups in total. The second-order valence-corrected chi connectivity index (χ2v) is 27.8. The molecule has 5 heterocycles. The number of aliphatic hydroxyl groups excluding tert-OH is 1. The lowest BCUT2D eigenvalue weighted by atomic mass is 9.92. The third kappa shape index (κ3) is 25.3. The Morgan fingerprint density at radius 2 is 0.525 bits per heavy atom. The first-order valence-electron chi connectivity index (χ1n) is 37.6. The van der Waals surface area contributed by atoms with Crippen molar-refractivity contribution >= 4 is 89.4 Å². The van der Waals surface area contributed by atoms with Gasteiger partial charge in [0.1, 0.15) is 87.3 Å². The highest BCUT2D eigenvalue weighted by Crippen LogP contribution is 2.42. The molecule has 25 atom stereocenters. The molecule has 40 heteroatoms. The highest BCUT2D eigenvalue weighted by molar-refractivity contribution is 5.92. The molecule has 0 aromatic heterocycles. The Kier molecular flexibility index (Phi) is 33.1. The third-order valence-electron chi connectivity index (χ3n) is 18.4. The van der Waals surface area contributed by atoms with Crippen LogP contribution in [-0.2, 0) is 157 Å². The molecule has 5 aliphatic heterocycles. The molecule has 4 aromatic rings. The molecule has 40 nitrogen and oxygen atoms in total. The number of hydrogen-bond acceptors (Lipinski definition) is 38. The van der Waals surface area contributed by atoms with Gasteiger partial charge in [0.2, 0.25) is 11.8 Å². The van der Waals surface area contributed by atoms with Crippen LogP contribution in [0, 0.1) is 0 Å². The molecule has 0 unspecified atom stereocenters. The van der Waals surface area contributed by atoms with Crippen molar-refractivity contribution in [1.82, 2.24) is 10.6 Å². The minimum atomic E-state index is -2.38. The first-order chi connectivity index (χ1) is 57.0. The molecule has 4 aromatic carbocycles. The highest BCUT2D eigenvalue weighted by atomic mass is 16.8. The summed E-state index contributed by atoms with van der Waals surface area (Å²) in [4.78, 5) is 206. The Bertz CT molecular complexity index is 4270. The van der Waals surface area contributed by atoms with Crippen LogP contribution in [0.25, 0.3) is 0 Å². The van der Waals surface area contributed by atoms with E-state index in [0.29, 0.717) is 0 Å². The Balaban J connectivity index is 1.28. The van der Waals surface area contributed by atoms with Crippen molar-refractivity contribution in [1.29, 1.82) is 0 Å². The molecule has 0 spiro atoms.